The van der Waals surface area contributed by atoms with Gasteiger partial charge in [0.05, 0.1) is 21.3 Å². The maximum atomic E-state index is 12.8. The first-order valence-electron chi connectivity index (χ1n) is 6.66. The summed E-state index contributed by atoms with van der Waals surface area (Å²) in [4.78, 5) is -0.938. The molecule has 23 heavy (non-hydrogen) atoms. The van der Waals surface area contributed by atoms with Gasteiger partial charge in [-0.15, -0.1) is 0 Å². The molecule has 0 bridgehead atoms. The second-order valence-electron chi connectivity index (χ2n) is 5.24. The Bertz CT molecular complexity index is 642. The maximum Gasteiger partial charge on any atom is 0.416 e. The summed E-state index contributed by atoms with van der Waals surface area (Å²) in [6.45, 7) is 0.684. The lowest BCUT2D eigenvalue weighted by Gasteiger charge is -2.23. The van der Waals surface area contributed by atoms with Crippen LogP contribution in [0.5, 0.6) is 0 Å². The molecule has 130 valence electrons. The molecule has 0 radical (unpaired) electrons. The summed E-state index contributed by atoms with van der Waals surface area (Å²) >= 11 is 0. The van der Waals surface area contributed by atoms with Gasteiger partial charge in [0.2, 0.25) is 0 Å². The van der Waals surface area contributed by atoms with Gasteiger partial charge in [-0.05, 0) is 44.1 Å². The smallest absolute Gasteiger partial charge is 0.317 e. The van der Waals surface area contributed by atoms with E-state index in [1.165, 1.54) is 0 Å². The van der Waals surface area contributed by atoms with Gasteiger partial charge in [-0.25, -0.2) is 8.42 Å². The topological polar surface area (TPSA) is 46.2 Å². The lowest BCUT2D eigenvalue weighted by molar-refractivity contribution is -0.143. The van der Waals surface area contributed by atoms with Gasteiger partial charge in [-0.2, -0.15) is 26.3 Å². The highest BCUT2D eigenvalue weighted by atomic mass is 32.2. The van der Waals surface area contributed by atoms with Gasteiger partial charge < -0.3 is 5.32 Å². The molecule has 0 unspecified atom stereocenters. The molecule has 0 spiro atoms. The van der Waals surface area contributed by atoms with Crippen LogP contribution < -0.4 is 5.32 Å². The van der Waals surface area contributed by atoms with Gasteiger partial charge in [0, 0.05) is 0 Å². The Morgan fingerprint density at radius 2 is 1.30 bits per heavy atom. The van der Waals surface area contributed by atoms with Gasteiger partial charge in [-0.3, -0.25) is 0 Å². The molecule has 1 aliphatic heterocycles. The number of nitrogens with one attached hydrogen (secondary N) is 1. The first kappa shape index (κ1) is 18.1. The molecular weight excluding hydrogens is 348 g/mol. The Hall–Kier alpha value is -1.29. The summed E-state index contributed by atoms with van der Waals surface area (Å²) in [6, 6.07) is 0.459. The zero-order valence-electron chi connectivity index (χ0n) is 11.6. The van der Waals surface area contributed by atoms with Crippen LogP contribution in [0, 0.1) is 0 Å². The molecule has 2 rings (SSSR count). The van der Waals surface area contributed by atoms with Crippen LogP contribution in [0.1, 0.15) is 24.0 Å². The molecule has 0 aliphatic carbocycles. The van der Waals surface area contributed by atoms with Crippen molar-refractivity contribution >= 4 is 9.84 Å². The minimum Gasteiger partial charge on any atom is -0.317 e. The number of piperidine rings is 1. The van der Waals surface area contributed by atoms with Crippen LogP contribution in [0.4, 0.5) is 26.3 Å². The van der Waals surface area contributed by atoms with E-state index in [0.717, 1.165) is 0 Å². The molecule has 1 saturated heterocycles. The normalized spacial score (nSPS) is 18.2. The zero-order valence-corrected chi connectivity index (χ0v) is 12.4. The third kappa shape index (κ3) is 3.97. The Balaban J connectivity index is 2.57. The molecule has 1 aliphatic rings. The van der Waals surface area contributed by atoms with E-state index < -0.39 is 43.5 Å². The van der Waals surface area contributed by atoms with E-state index in [0.29, 0.717) is 13.1 Å². The molecule has 1 aromatic rings. The average Bonchev–Trinajstić information content (AvgIpc) is 2.46. The zero-order chi connectivity index (χ0) is 17.5. The standard InChI is InChI=1S/C13H13F6NO2S/c14-12(15,16)8-5-9(13(17,18)19)7-11(6-8)23(21,22)10-1-3-20-4-2-10/h5-7,10,20H,1-4H2. The van der Waals surface area contributed by atoms with Crippen LogP contribution in [0.2, 0.25) is 0 Å². The fraction of sp³-hybridized carbons (Fsp3) is 0.538. The number of alkyl halides is 6. The van der Waals surface area contributed by atoms with Crippen molar-refractivity contribution in [1.29, 1.82) is 0 Å². The van der Waals surface area contributed by atoms with Gasteiger partial charge >= 0.3 is 12.4 Å². The fourth-order valence-corrected chi connectivity index (χ4v) is 4.21. The second kappa shape index (κ2) is 5.97. The molecule has 1 N–H and O–H groups in total. The Morgan fingerprint density at radius 1 is 0.870 bits per heavy atom. The van der Waals surface area contributed by atoms with Crippen molar-refractivity contribution < 1.29 is 34.8 Å². The summed E-state index contributed by atoms with van der Waals surface area (Å²) < 4.78 is 102. The van der Waals surface area contributed by atoms with Crippen LogP contribution in [0.15, 0.2) is 23.1 Å². The Labute approximate surface area is 128 Å². The quantitative estimate of drug-likeness (QED) is 0.823. The molecule has 0 amide bonds. The van der Waals surface area contributed by atoms with Crippen molar-refractivity contribution in [2.45, 2.75) is 35.3 Å². The highest BCUT2D eigenvalue weighted by Gasteiger charge is 2.39. The molecular formula is C13H13F6NO2S. The minimum atomic E-state index is -5.07. The SMILES string of the molecule is O=S(=O)(c1cc(C(F)(F)F)cc(C(F)(F)F)c1)C1CCNCC1. The van der Waals surface area contributed by atoms with Crippen molar-refractivity contribution in [3.63, 3.8) is 0 Å². The predicted molar refractivity (Wildman–Crippen MR) is 69.5 cm³/mol. The van der Waals surface area contributed by atoms with E-state index in [2.05, 4.69) is 5.32 Å². The van der Waals surface area contributed by atoms with Gasteiger partial charge in [0.25, 0.3) is 0 Å². The molecule has 0 atom stereocenters. The molecule has 1 heterocycles. The van der Waals surface area contributed by atoms with E-state index in [1.54, 1.807) is 0 Å². The molecule has 3 nitrogen and oxygen atoms in total. The summed E-state index contributed by atoms with van der Waals surface area (Å²) in [7, 11) is -4.27. The number of benzene rings is 1. The molecule has 10 heteroatoms. The number of rotatable bonds is 2. The van der Waals surface area contributed by atoms with Crippen LogP contribution in [-0.4, -0.2) is 26.8 Å². The van der Waals surface area contributed by atoms with Crippen molar-refractivity contribution in [3.05, 3.63) is 29.3 Å². The first-order valence-corrected chi connectivity index (χ1v) is 8.21. The van der Waals surface area contributed by atoms with Gasteiger partial charge in [0.15, 0.2) is 9.84 Å². The van der Waals surface area contributed by atoms with Crippen molar-refractivity contribution in [2.75, 3.05) is 13.1 Å². The number of halogens is 6. The van der Waals surface area contributed by atoms with Crippen LogP contribution >= 0.6 is 0 Å². The number of hydrogen-bond acceptors (Lipinski definition) is 3. The monoisotopic (exact) mass is 361 g/mol. The lowest BCUT2D eigenvalue weighted by Crippen LogP contribution is -2.36. The molecule has 1 fully saturated rings. The van der Waals surface area contributed by atoms with Crippen molar-refractivity contribution in [2.24, 2.45) is 0 Å². The maximum absolute atomic E-state index is 12.8. The third-order valence-electron chi connectivity index (χ3n) is 3.61. The minimum absolute atomic E-state index is 0.0819. The van der Waals surface area contributed by atoms with Gasteiger partial charge in [0.1, 0.15) is 0 Å². The number of sulfone groups is 1. The lowest BCUT2D eigenvalue weighted by atomic mass is 10.1. The summed E-state index contributed by atoms with van der Waals surface area (Å²) in [6.07, 6.45) is -9.86. The van der Waals surface area contributed by atoms with Crippen molar-refractivity contribution in [1.82, 2.24) is 5.32 Å². The van der Waals surface area contributed by atoms with E-state index in [9.17, 15) is 34.8 Å². The highest BCUT2D eigenvalue weighted by Crippen LogP contribution is 2.38. The molecule has 0 aromatic heterocycles. The highest BCUT2D eigenvalue weighted by molar-refractivity contribution is 7.92. The van der Waals surface area contributed by atoms with E-state index in [1.807, 2.05) is 0 Å². The summed E-state index contributed by atoms with van der Waals surface area (Å²) in [5.74, 6) is 0. The first-order chi connectivity index (χ1) is 10.4. The van der Waals surface area contributed by atoms with Crippen LogP contribution in [-0.2, 0) is 22.2 Å². The van der Waals surface area contributed by atoms with Gasteiger partial charge in [-0.1, -0.05) is 0 Å². The third-order valence-corrected chi connectivity index (χ3v) is 5.86. The van der Waals surface area contributed by atoms with Crippen LogP contribution in [0.3, 0.4) is 0 Å². The fourth-order valence-electron chi connectivity index (χ4n) is 2.39. The molecule has 0 saturated carbocycles. The largest absolute Gasteiger partial charge is 0.416 e. The van der Waals surface area contributed by atoms with E-state index >= 15 is 0 Å². The second-order valence-corrected chi connectivity index (χ2v) is 7.46. The number of hydrogen-bond donors (Lipinski definition) is 1. The summed E-state index contributed by atoms with van der Waals surface area (Å²) in [5.41, 5.74) is -3.25. The summed E-state index contributed by atoms with van der Waals surface area (Å²) in [5, 5.41) is 1.89. The van der Waals surface area contributed by atoms with E-state index in [4.69, 9.17) is 0 Å². The van der Waals surface area contributed by atoms with Crippen LogP contribution in [0.25, 0.3) is 0 Å². The Kier molecular flexibility index (Phi) is 4.69. The van der Waals surface area contributed by atoms with E-state index in [-0.39, 0.29) is 31.0 Å². The Morgan fingerprint density at radius 3 is 1.70 bits per heavy atom. The average molecular weight is 361 g/mol. The molecule has 1 aromatic carbocycles. The van der Waals surface area contributed by atoms with Crippen molar-refractivity contribution in [3.8, 4) is 0 Å². The predicted octanol–water partition coefficient (Wildman–Crippen LogP) is 3.25.